The van der Waals surface area contributed by atoms with E-state index in [9.17, 15) is 4.79 Å². The molecule has 142 valence electrons. The Kier molecular flexibility index (Phi) is 5.93. The zero-order valence-electron chi connectivity index (χ0n) is 15.9. The van der Waals surface area contributed by atoms with E-state index in [0.29, 0.717) is 28.7 Å². The molecule has 27 heavy (non-hydrogen) atoms. The van der Waals surface area contributed by atoms with Gasteiger partial charge in [0.2, 0.25) is 0 Å². The van der Waals surface area contributed by atoms with Crippen LogP contribution >= 0.6 is 11.3 Å². The standard InChI is InChI=1S/C20H23N3O3S/c1-22(2)9-10-23(20-21-17-7-5-6-8-18(17)27-20)19(24)14-11-15(25-3)13-16(12-14)26-4/h5-8,11-13H,9-10H2,1-4H3. The number of rotatable bonds is 7. The largest absolute Gasteiger partial charge is 0.497 e. The third kappa shape index (κ3) is 4.37. The molecule has 0 saturated heterocycles. The average molecular weight is 385 g/mol. The highest BCUT2D eigenvalue weighted by atomic mass is 32.1. The van der Waals surface area contributed by atoms with Crippen molar-refractivity contribution < 1.29 is 14.3 Å². The minimum atomic E-state index is -0.131. The van der Waals surface area contributed by atoms with E-state index >= 15 is 0 Å². The summed E-state index contributed by atoms with van der Waals surface area (Å²) in [5, 5.41) is 0.685. The number of aromatic nitrogens is 1. The van der Waals surface area contributed by atoms with Gasteiger partial charge in [0.1, 0.15) is 11.5 Å². The lowest BCUT2D eigenvalue weighted by Crippen LogP contribution is -2.36. The van der Waals surface area contributed by atoms with Crippen molar-refractivity contribution in [1.82, 2.24) is 9.88 Å². The lowest BCUT2D eigenvalue weighted by Gasteiger charge is -2.22. The normalized spacial score (nSPS) is 11.0. The number of methoxy groups -OCH3 is 2. The molecule has 2 aromatic carbocycles. The Balaban J connectivity index is 2.00. The molecular weight excluding hydrogens is 362 g/mol. The number of carbonyl (C=O) groups excluding carboxylic acids is 1. The summed E-state index contributed by atoms with van der Waals surface area (Å²) in [7, 11) is 7.10. The minimum Gasteiger partial charge on any atom is -0.497 e. The van der Waals surface area contributed by atoms with Crippen LogP contribution in [0.1, 0.15) is 10.4 Å². The van der Waals surface area contributed by atoms with Gasteiger partial charge in [0.15, 0.2) is 5.13 Å². The van der Waals surface area contributed by atoms with Crippen molar-refractivity contribution in [2.24, 2.45) is 0 Å². The van der Waals surface area contributed by atoms with Crippen molar-refractivity contribution >= 4 is 32.6 Å². The molecule has 1 heterocycles. The van der Waals surface area contributed by atoms with Gasteiger partial charge in [-0.3, -0.25) is 9.69 Å². The number of benzene rings is 2. The molecule has 0 atom stereocenters. The number of hydrogen-bond acceptors (Lipinski definition) is 6. The van der Waals surface area contributed by atoms with Crippen molar-refractivity contribution in [3.63, 3.8) is 0 Å². The Labute approximate surface area is 162 Å². The molecule has 0 aliphatic rings. The van der Waals surface area contributed by atoms with Crippen LogP contribution in [0.4, 0.5) is 5.13 Å². The lowest BCUT2D eigenvalue weighted by atomic mass is 10.1. The topological polar surface area (TPSA) is 54.9 Å². The molecule has 0 saturated carbocycles. The van der Waals surface area contributed by atoms with Gasteiger partial charge in [-0.05, 0) is 38.4 Å². The molecule has 7 heteroatoms. The number of fused-ring (bicyclic) bond motifs is 1. The van der Waals surface area contributed by atoms with E-state index in [1.54, 1.807) is 37.3 Å². The number of ether oxygens (including phenoxy) is 2. The van der Waals surface area contributed by atoms with E-state index < -0.39 is 0 Å². The van der Waals surface area contributed by atoms with Crippen LogP contribution in [0.2, 0.25) is 0 Å². The number of para-hydroxylation sites is 1. The predicted octanol–water partition coefficient (Wildman–Crippen LogP) is 3.52. The second-order valence-electron chi connectivity index (χ2n) is 6.33. The van der Waals surface area contributed by atoms with Gasteiger partial charge in [0.25, 0.3) is 5.91 Å². The molecule has 0 fully saturated rings. The van der Waals surface area contributed by atoms with Crippen molar-refractivity contribution in [3.8, 4) is 11.5 Å². The summed E-state index contributed by atoms with van der Waals surface area (Å²) in [6.45, 7) is 1.26. The summed E-state index contributed by atoms with van der Waals surface area (Å²) in [5.41, 5.74) is 1.40. The van der Waals surface area contributed by atoms with Gasteiger partial charge in [-0.25, -0.2) is 4.98 Å². The molecule has 0 N–H and O–H groups in total. The smallest absolute Gasteiger partial charge is 0.260 e. The molecular formula is C20H23N3O3S. The summed E-state index contributed by atoms with van der Waals surface area (Å²) >= 11 is 1.51. The number of anilines is 1. The highest BCUT2D eigenvalue weighted by molar-refractivity contribution is 7.22. The molecule has 0 radical (unpaired) electrons. The highest BCUT2D eigenvalue weighted by Gasteiger charge is 2.22. The van der Waals surface area contributed by atoms with Gasteiger partial charge in [-0.2, -0.15) is 0 Å². The van der Waals surface area contributed by atoms with E-state index in [2.05, 4.69) is 4.98 Å². The molecule has 0 unspecified atom stereocenters. The summed E-state index contributed by atoms with van der Waals surface area (Å²) in [5.74, 6) is 1.03. The SMILES string of the molecule is COc1cc(OC)cc(C(=O)N(CCN(C)C)c2nc3ccccc3s2)c1. The quantitative estimate of drug-likeness (QED) is 0.623. The molecule has 3 rings (SSSR count). The van der Waals surface area contributed by atoms with Crippen molar-refractivity contribution in [1.29, 1.82) is 0 Å². The summed E-state index contributed by atoms with van der Waals surface area (Å²) < 4.78 is 11.7. The van der Waals surface area contributed by atoms with Gasteiger partial charge < -0.3 is 14.4 Å². The van der Waals surface area contributed by atoms with Crippen molar-refractivity contribution in [2.45, 2.75) is 0 Å². The molecule has 0 aliphatic carbocycles. The van der Waals surface area contributed by atoms with E-state index in [4.69, 9.17) is 9.47 Å². The number of nitrogens with zero attached hydrogens (tertiary/aromatic N) is 3. The van der Waals surface area contributed by atoms with E-state index in [1.165, 1.54) is 11.3 Å². The lowest BCUT2D eigenvalue weighted by molar-refractivity contribution is 0.0984. The Morgan fingerprint density at radius 2 is 1.70 bits per heavy atom. The molecule has 3 aromatic rings. The molecule has 0 spiro atoms. The number of thiazole rings is 1. The van der Waals surface area contributed by atoms with Crippen LogP contribution in [0.15, 0.2) is 42.5 Å². The van der Waals surface area contributed by atoms with E-state index in [0.717, 1.165) is 16.8 Å². The van der Waals surface area contributed by atoms with Crippen LogP contribution < -0.4 is 14.4 Å². The molecule has 0 bridgehead atoms. The van der Waals surface area contributed by atoms with Crippen LogP contribution in [0.3, 0.4) is 0 Å². The number of amides is 1. The van der Waals surface area contributed by atoms with Gasteiger partial charge in [0, 0.05) is 24.7 Å². The second-order valence-corrected chi connectivity index (χ2v) is 7.33. The molecule has 1 amide bonds. The third-order valence-corrected chi connectivity index (χ3v) is 5.19. The van der Waals surface area contributed by atoms with Crippen LogP contribution in [0.25, 0.3) is 10.2 Å². The fourth-order valence-electron chi connectivity index (χ4n) is 2.65. The van der Waals surface area contributed by atoms with E-state index in [-0.39, 0.29) is 5.91 Å². The van der Waals surface area contributed by atoms with Crippen LogP contribution in [-0.4, -0.2) is 57.2 Å². The first-order chi connectivity index (χ1) is 13.0. The van der Waals surface area contributed by atoms with Crippen LogP contribution in [0, 0.1) is 0 Å². The molecule has 1 aromatic heterocycles. The minimum absolute atomic E-state index is 0.131. The Bertz CT molecular complexity index is 884. The summed E-state index contributed by atoms with van der Waals surface area (Å²) in [6, 6.07) is 13.1. The number of carbonyl (C=O) groups is 1. The Hall–Kier alpha value is -2.64. The first-order valence-corrected chi connectivity index (χ1v) is 9.38. The maximum absolute atomic E-state index is 13.3. The zero-order valence-corrected chi connectivity index (χ0v) is 16.7. The van der Waals surface area contributed by atoms with Gasteiger partial charge in [-0.1, -0.05) is 23.5 Å². The molecule has 6 nitrogen and oxygen atoms in total. The van der Waals surface area contributed by atoms with Crippen molar-refractivity contribution in [2.75, 3.05) is 46.3 Å². The van der Waals surface area contributed by atoms with Gasteiger partial charge >= 0.3 is 0 Å². The van der Waals surface area contributed by atoms with Gasteiger partial charge in [-0.15, -0.1) is 0 Å². The third-order valence-electron chi connectivity index (χ3n) is 4.13. The fourth-order valence-corrected chi connectivity index (χ4v) is 3.64. The van der Waals surface area contributed by atoms with Crippen LogP contribution in [0.5, 0.6) is 11.5 Å². The Morgan fingerprint density at radius 3 is 2.30 bits per heavy atom. The Morgan fingerprint density at radius 1 is 1.04 bits per heavy atom. The van der Waals surface area contributed by atoms with Crippen molar-refractivity contribution in [3.05, 3.63) is 48.0 Å². The summed E-state index contributed by atoms with van der Waals surface area (Å²) in [6.07, 6.45) is 0. The second kappa shape index (κ2) is 8.37. The van der Waals surface area contributed by atoms with Gasteiger partial charge in [0.05, 0.1) is 24.4 Å². The average Bonchev–Trinajstić information content (AvgIpc) is 3.11. The number of likely N-dealkylation sites (N-methyl/N-ethyl adjacent to an activating group) is 1. The fraction of sp³-hybridized carbons (Fsp3) is 0.300. The number of hydrogen-bond donors (Lipinski definition) is 0. The molecule has 0 aliphatic heterocycles. The van der Waals surface area contributed by atoms with E-state index in [1.807, 2.05) is 43.3 Å². The van der Waals surface area contributed by atoms with Crippen LogP contribution in [-0.2, 0) is 0 Å². The first-order valence-electron chi connectivity index (χ1n) is 8.57. The predicted molar refractivity (Wildman–Crippen MR) is 109 cm³/mol. The maximum Gasteiger partial charge on any atom is 0.260 e. The summed E-state index contributed by atoms with van der Waals surface area (Å²) in [4.78, 5) is 21.8. The maximum atomic E-state index is 13.3. The first kappa shape index (κ1) is 19.1. The highest BCUT2D eigenvalue weighted by Crippen LogP contribution is 2.31. The monoisotopic (exact) mass is 385 g/mol. The zero-order chi connectivity index (χ0) is 19.4.